The van der Waals surface area contributed by atoms with E-state index in [2.05, 4.69) is 17.1 Å². The maximum Gasteiger partial charge on any atom is 0.311 e. The molecule has 1 aliphatic heterocycles. The molecular formula is C15H11NO2. The standard InChI is InChI=1S/C15H11NO2/c17-13-8-6-9-5-7-12-14(15(9)18-13)10-3-1-2-4-11(10)16-12/h1-5,7,16H,6,8H2. The van der Waals surface area contributed by atoms with Gasteiger partial charge in [-0.1, -0.05) is 24.3 Å². The van der Waals surface area contributed by atoms with Crippen molar-refractivity contribution in [1.82, 2.24) is 4.98 Å². The molecule has 0 amide bonds. The lowest BCUT2D eigenvalue weighted by Crippen LogP contribution is -2.15. The smallest absolute Gasteiger partial charge is 0.311 e. The summed E-state index contributed by atoms with van der Waals surface area (Å²) in [6, 6.07) is 12.2. The van der Waals surface area contributed by atoms with Crippen molar-refractivity contribution in [2.45, 2.75) is 12.8 Å². The highest BCUT2D eigenvalue weighted by molar-refractivity contribution is 6.11. The van der Waals surface area contributed by atoms with Gasteiger partial charge in [-0.05, 0) is 24.1 Å². The number of aromatic nitrogens is 1. The third-order valence-corrected chi connectivity index (χ3v) is 3.52. The van der Waals surface area contributed by atoms with E-state index in [1.165, 1.54) is 0 Å². The zero-order valence-electron chi connectivity index (χ0n) is 9.69. The molecule has 0 atom stereocenters. The van der Waals surface area contributed by atoms with Gasteiger partial charge in [0.1, 0.15) is 5.75 Å². The fraction of sp³-hybridized carbons (Fsp3) is 0.133. The van der Waals surface area contributed by atoms with E-state index >= 15 is 0 Å². The van der Waals surface area contributed by atoms with Gasteiger partial charge < -0.3 is 9.72 Å². The second kappa shape index (κ2) is 3.35. The van der Waals surface area contributed by atoms with Crippen molar-refractivity contribution in [2.75, 3.05) is 0 Å². The number of hydrogen-bond donors (Lipinski definition) is 1. The molecule has 0 fully saturated rings. The molecule has 88 valence electrons. The lowest BCUT2D eigenvalue weighted by Gasteiger charge is -2.16. The van der Waals surface area contributed by atoms with E-state index in [1.54, 1.807) is 0 Å². The first kappa shape index (κ1) is 9.71. The zero-order valence-corrected chi connectivity index (χ0v) is 9.69. The zero-order chi connectivity index (χ0) is 12.1. The summed E-state index contributed by atoms with van der Waals surface area (Å²) in [5.74, 6) is 0.599. The third kappa shape index (κ3) is 1.21. The number of H-pyrrole nitrogens is 1. The molecule has 4 rings (SSSR count). The average molecular weight is 237 g/mol. The van der Waals surface area contributed by atoms with E-state index in [-0.39, 0.29) is 5.97 Å². The molecule has 3 nitrogen and oxygen atoms in total. The molecule has 1 N–H and O–H groups in total. The fourth-order valence-corrected chi connectivity index (χ4v) is 2.67. The lowest BCUT2D eigenvalue weighted by atomic mass is 10.0. The van der Waals surface area contributed by atoms with Gasteiger partial charge in [-0.2, -0.15) is 0 Å². The van der Waals surface area contributed by atoms with Crippen molar-refractivity contribution < 1.29 is 9.53 Å². The van der Waals surface area contributed by atoms with Gasteiger partial charge in [-0.3, -0.25) is 4.79 Å². The molecule has 0 saturated heterocycles. The number of fused-ring (bicyclic) bond motifs is 5. The Labute approximate surface area is 103 Å². The summed E-state index contributed by atoms with van der Waals surface area (Å²) in [5.41, 5.74) is 3.21. The predicted molar refractivity (Wildman–Crippen MR) is 69.8 cm³/mol. The maximum absolute atomic E-state index is 11.5. The van der Waals surface area contributed by atoms with E-state index in [9.17, 15) is 4.79 Å². The van der Waals surface area contributed by atoms with Crippen LogP contribution in [0.25, 0.3) is 21.8 Å². The first-order valence-corrected chi connectivity index (χ1v) is 6.06. The van der Waals surface area contributed by atoms with Crippen molar-refractivity contribution in [3.8, 4) is 5.75 Å². The summed E-state index contributed by atoms with van der Waals surface area (Å²) >= 11 is 0. The van der Waals surface area contributed by atoms with Crippen LogP contribution in [0.1, 0.15) is 12.0 Å². The van der Waals surface area contributed by atoms with Gasteiger partial charge in [-0.25, -0.2) is 0 Å². The van der Waals surface area contributed by atoms with Crippen molar-refractivity contribution in [3.63, 3.8) is 0 Å². The Kier molecular flexibility index (Phi) is 1.81. The number of carbonyl (C=O) groups is 1. The molecule has 0 spiro atoms. The van der Waals surface area contributed by atoms with E-state index in [0.29, 0.717) is 6.42 Å². The molecule has 2 aromatic carbocycles. The first-order valence-electron chi connectivity index (χ1n) is 6.06. The molecule has 18 heavy (non-hydrogen) atoms. The van der Waals surface area contributed by atoms with E-state index in [4.69, 9.17) is 4.74 Å². The van der Waals surface area contributed by atoms with Crippen molar-refractivity contribution in [3.05, 3.63) is 42.0 Å². The maximum atomic E-state index is 11.5. The largest absolute Gasteiger partial charge is 0.425 e. The van der Waals surface area contributed by atoms with Crippen LogP contribution in [0.2, 0.25) is 0 Å². The molecule has 0 unspecified atom stereocenters. The summed E-state index contributed by atoms with van der Waals surface area (Å²) in [5, 5.41) is 2.13. The summed E-state index contributed by atoms with van der Waals surface area (Å²) in [6.45, 7) is 0. The first-order chi connectivity index (χ1) is 8.83. The van der Waals surface area contributed by atoms with Crippen LogP contribution in [-0.4, -0.2) is 11.0 Å². The molecular weight excluding hydrogens is 226 g/mol. The number of aryl methyl sites for hydroxylation is 1. The molecule has 1 aromatic heterocycles. The normalized spacial score (nSPS) is 14.8. The second-order valence-corrected chi connectivity index (χ2v) is 4.62. The van der Waals surface area contributed by atoms with Crippen molar-refractivity contribution >= 4 is 27.8 Å². The monoisotopic (exact) mass is 237 g/mol. The summed E-state index contributed by atoms with van der Waals surface area (Å²) in [4.78, 5) is 14.8. The van der Waals surface area contributed by atoms with Crippen LogP contribution in [0, 0.1) is 0 Å². The minimum Gasteiger partial charge on any atom is -0.425 e. The highest BCUT2D eigenvalue weighted by atomic mass is 16.5. The summed E-state index contributed by atoms with van der Waals surface area (Å²) < 4.78 is 5.45. The molecule has 3 aromatic rings. The Hall–Kier alpha value is -2.29. The van der Waals surface area contributed by atoms with Crippen LogP contribution in [0.4, 0.5) is 0 Å². The van der Waals surface area contributed by atoms with Crippen LogP contribution in [0.15, 0.2) is 36.4 Å². The van der Waals surface area contributed by atoms with Gasteiger partial charge in [0.2, 0.25) is 0 Å². The molecule has 0 saturated carbocycles. The third-order valence-electron chi connectivity index (χ3n) is 3.52. The Morgan fingerprint density at radius 1 is 1.00 bits per heavy atom. The highest BCUT2D eigenvalue weighted by Gasteiger charge is 2.21. The number of para-hydroxylation sites is 1. The van der Waals surface area contributed by atoms with Crippen LogP contribution in [-0.2, 0) is 11.2 Å². The van der Waals surface area contributed by atoms with Crippen molar-refractivity contribution in [2.24, 2.45) is 0 Å². The molecule has 3 heteroatoms. The minimum atomic E-state index is -0.139. The lowest BCUT2D eigenvalue weighted by molar-refractivity contribution is -0.135. The van der Waals surface area contributed by atoms with Crippen LogP contribution >= 0.6 is 0 Å². The topological polar surface area (TPSA) is 42.1 Å². The van der Waals surface area contributed by atoms with Gasteiger partial charge in [0.15, 0.2) is 0 Å². The quantitative estimate of drug-likeness (QED) is 0.482. The van der Waals surface area contributed by atoms with E-state index in [0.717, 1.165) is 39.5 Å². The molecule has 2 heterocycles. The van der Waals surface area contributed by atoms with Gasteiger partial charge in [-0.15, -0.1) is 0 Å². The van der Waals surface area contributed by atoms with E-state index < -0.39 is 0 Å². The minimum absolute atomic E-state index is 0.139. The number of hydrogen-bond acceptors (Lipinski definition) is 2. The molecule has 0 bridgehead atoms. The van der Waals surface area contributed by atoms with Crippen molar-refractivity contribution in [1.29, 1.82) is 0 Å². The number of rotatable bonds is 0. The molecule has 0 aliphatic carbocycles. The Balaban J connectivity index is 2.17. The Bertz CT molecular complexity index is 786. The predicted octanol–water partition coefficient (Wildman–Crippen LogP) is 3.17. The van der Waals surface area contributed by atoms with E-state index in [1.807, 2.05) is 24.3 Å². The Morgan fingerprint density at radius 3 is 2.83 bits per heavy atom. The van der Waals surface area contributed by atoms with Crippen LogP contribution < -0.4 is 4.74 Å². The second-order valence-electron chi connectivity index (χ2n) is 4.62. The number of benzene rings is 2. The number of ether oxygens (including phenoxy) is 1. The molecule has 0 radical (unpaired) electrons. The van der Waals surface area contributed by atoms with Crippen LogP contribution in [0.3, 0.4) is 0 Å². The average Bonchev–Trinajstić information content (AvgIpc) is 2.77. The van der Waals surface area contributed by atoms with Crippen LogP contribution in [0.5, 0.6) is 5.75 Å². The fourth-order valence-electron chi connectivity index (χ4n) is 2.67. The number of aromatic amines is 1. The summed E-state index contributed by atoms with van der Waals surface area (Å²) in [7, 11) is 0. The van der Waals surface area contributed by atoms with Gasteiger partial charge >= 0.3 is 5.97 Å². The number of nitrogens with one attached hydrogen (secondary N) is 1. The number of carbonyl (C=O) groups excluding carboxylic acids is 1. The van der Waals surface area contributed by atoms with Gasteiger partial charge in [0.25, 0.3) is 0 Å². The highest BCUT2D eigenvalue weighted by Crippen LogP contribution is 2.38. The SMILES string of the molecule is O=C1CCc2ccc3[nH]c4ccccc4c3c2O1. The molecule has 1 aliphatic rings. The summed E-state index contributed by atoms with van der Waals surface area (Å²) in [6.07, 6.45) is 1.24. The van der Waals surface area contributed by atoms with Gasteiger partial charge in [0, 0.05) is 10.9 Å². The number of esters is 1. The van der Waals surface area contributed by atoms with Gasteiger partial charge in [0.05, 0.1) is 17.3 Å². The Morgan fingerprint density at radius 2 is 1.89 bits per heavy atom.